The monoisotopic (exact) mass is 381 g/mol. The molecule has 0 aliphatic rings. The highest BCUT2D eigenvalue weighted by Gasteiger charge is 2.34. The zero-order valence-electron chi connectivity index (χ0n) is 13.7. The molecule has 26 heavy (non-hydrogen) atoms. The number of pyridine rings is 4. The van der Waals surface area contributed by atoms with Gasteiger partial charge in [-0.25, -0.2) is 9.13 Å². The van der Waals surface area contributed by atoms with Gasteiger partial charge in [-0.3, -0.25) is 0 Å². The summed E-state index contributed by atoms with van der Waals surface area (Å²) in [5.41, 5.74) is 0.682. The van der Waals surface area contributed by atoms with Gasteiger partial charge in [-0.15, -0.1) is 0 Å². The summed E-state index contributed by atoms with van der Waals surface area (Å²) in [6, 6.07) is 17.4. The van der Waals surface area contributed by atoms with E-state index in [4.69, 9.17) is 28.2 Å². The van der Waals surface area contributed by atoms with Crippen molar-refractivity contribution in [1.29, 1.82) is 0 Å². The second kappa shape index (κ2) is 7.20. The van der Waals surface area contributed by atoms with Crippen LogP contribution in [0.25, 0.3) is 17.3 Å². The summed E-state index contributed by atoms with van der Waals surface area (Å²) in [5, 5.41) is 0.949. The quantitative estimate of drug-likeness (QED) is 0.500. The van der Waals surface area contributed by atoms with Crippen LogP contribution in [0, 0.1) is 0 Å². The Hall–Kier alpha value is -2.82. The maximum atomic E-state index is 6.74. The lowest BCUT2D eigenvalue weighted by molar-refractivity contribution is -0.617. The van der Waals surface area contributed by atoms with E-state index in [9.17, 15) is 0 Å². The lowest BCUT2D eigenvalue weighted by Crippen LogP contribution is -2.40. The molecule has 0 aliphatic carbocycles. The topological polar surface area (TPSA) is 24.5 Å². The van der Waals surface area contributed by atoms with E-state index in [-0.39, 0.29) is 0 Å². The van der Waals surface area contributed by atoms with Crippen molar-refractivity contribution in [3.8, 4) is 17.3 Å². The fraction of sp³-hybridized carbons (Fsp3) is 0. The first kappa shape index (κ1) is 16.6. The molecule has 0 fully saturated rings. The molecule has 0 unspecified atom stereocenters. The molecule has 6 heteroatoms. The first-order chi connectivity index (χ1) is 12.8. The van der Waals surface area contributed by atoms with Gasteiger partial charge in [0.1, 0.15) is 0 Å². The third-order valence-corrected chi connectivity index (χ3v) is 4.61. The van der Waals surface area contributed by atoms with Crippen molar-refractivity contribution in [3.63, 3.8) is 0 Å². The van der Waals surface area contributed by atoms with Crippen molar-refractivity contribution in [1.82, 2.24) is 4.98 Å². The second-order valence-electron chi connectivity index (χ2n) is 5.58. The van der Waals surface area contributed by atoms with Crippen LogP contribution in [0.2, 0.25) is 10.0 Å². The van der Waals surface area contributed by atoms with Crippen LogP contribution in [0.3, 0.4) is 0 Å². The van der Waals surface area contributed by atoms with Gasteiger partial charge in [0.15, 0.2) is 12.4 Å². The highest BCUT2D eigenvalue weighted by molar-refractivity contribution is 6.38. The summed E-state index contributed by atoms with van der Waals surface area (Å²) in [4.78, 5) is 4.75. The molecule has 0 amide bonds. The van der Waals surface area contributed by atoms with Crippen LogP contribution in [-0.2, 0) is 0 Å². The van der Waals surface area contributed by atoms with Gasteiger partial charge in [-0.1, -0.05) is 41.4 Å². The van der Waals surface area contributed by atoms with Gasteiger partial charge in [-0.05, 0) is 24.3 Å². The van der Waals surface area contributed by atoms with Gasteiger partial charge in [0.25, 0.3) is 5.69 Å². The van der Waals surface area contributed by atoms with Crippen LogP contribution < -0.4 is 13.7 Å². The second-order valence-corrected chi connectivity index (χ2v) is 6.34. The zero-order valence-corrected chi connectivity index (χ0v) is 15.2. The van der Waals surface area contributed by atoms with Crippen molar-refractivity contribution in [3.05, 3.63) is 102 Å². The Morgan fingerprint density at radius 2 is 0.846 bits per heavy atom. The Labute approximate surface area is 161 Å². The summed E-state index contributed by atoms with van der Waals surface area (Å²) >= 11 is 13.5. The molecule has 0 aromatic carbocycles. The first-order valence-corrected chi connectivity index (χ1v) is 8.80. The SMILES string of the molecule is Clc1c(-[n+]2ccccc2)nc(-[n+]2ccccc2)c(Cl)c1-[n+]1ccccc1. The molecule has 4 aromatic heterocycles. The molecule has 0 radical (unpaired) electrons. The molecule has 4 aromatic rings. The Bertz CT molecular complexity index is 976. The number of hydrogen-bond acceptors (Lipinski definition) is 1. The molecule has 4 heterocycles. The van der Waals surface area contributed by atoms with Gasteiger partial charge in [-0.2, -0.15) is 4.57 Å². The molecule has 0 saturated heterocycles. The van der Waals surface area contributed by atoms with Gasteiger partial charge < -0.3 is 0 Å². The maximum absolute atomic E-state index is 6.74. The predicted octanol–water partition coefficient (Wildman–Crippen LogP) is 3.22. The highest BCUT2D eigenvalue weighted by Crippen LogP contribution is 2.30. The van der Waals surface area contributed by atoms with Crippen LogP contribution in [0.5, 0.6) is 0 Å². The van der Waals surface area contributed by atoms with Crippen LogP contribution >= 0.6 is 23.2 Å². The molecule has 0 N–H and O–H groups in total. The molecule has 4 rings (SSSR count). The summed E-state index contributed by atoms with van der Waals surface area (Å²) < 4.78 is 5.64. The van der Waals surface area contributed by atoms with Crippen molar-refractivity contribution < 1.29 is 13.7 Å². The fourth-order valence-corrected chi connectivity index (χ4v) is 3.42. The van der Waals surface area contributed by atoms with Crippen molar-refractivity contribution in [2.24, 2.45) is 0 Å². The highest BCUT2D eigenvalue weighted by atomic mass is 35.5. The molecule has 0 saturated carbocycles. The average Bonchev–Trinajstić information content (AvgIpc) is 2.70. The minimum absolute atomic E-state index is 0.475. The number of hydrogen-bond donors (Lipinski definition) is 0. The summed E-state index contributed by atoms with van der Waals surface area (Å²) in [6.07, 6.45) is 11.4. The molecule has 0 spiro atoms. The molecule has 0 bridgehead atoms. The van der Waals surface area contributed by atoms with E-state index < -0.39 is 0 Å². The number of rotatable bonds is 3. The lowest BCUT2D eigenvalue weighted by atomic mass is 10.3. The number of halogens is 2. The molecular formula is C20H15Cl2N4+3. The van der Waals surface area contributed by atoms with Gasteiger partial charge >= 0.3 is 11.6 Å². The van der Waals surface area contributed by atoms with Crippen LogP contribution in [0.4, 0.5) is 0 Å². The normalized spacial score (nSPS) is 10.7. The largest absolute Gasteiger partial charge is 0.358 e. The van der Waals surface area contributed by atoms with Gasteiger partial charge in [0, 0.05) is 17.1 Å². The van der Waals surface area contributed by atoms with E-state index in [0.717, 1.165) is 0 Å². The van der Waals surface area contributed by atoms with E-state index in [1.165, 1.54) is 0 Å². The summed E-state index contributed by atoms with van der Waals surface area (Å²) in [6.45, 7) is 0. The molecule has 0 atom stereocenters. The molecular weight excluding hydrogens is 367 g/mol. The van der Waals surface area contributed by atoms with E-state index >= 15 is 0 Å². The van der Waals surface area contributed by atoms with Crippen molar-refractivity contribution in [2.45, 2.75) is 0 Å². The number of aromatic nitrogens is 4. The van der Waals surface area contributed by atoms with Crippen LogP contribution in [0.1, 0.15) is 0 Å². The average molecular weight is 382 g/mol. The Balaban J connectivity index is 2.05. The Kier molecular flexibility index (Phi) is 4.61. The molecule has 0 aliphatic heterocycles. The van der Waals surface area contributed by atoms with E-state index in [2.05, 4.69) is 0 Å². The fourth-order valence-electron chi connectivity index (χ4n) is 2.70. The van der Waals surface area contributed by atoms with E-state index in [0.29, 0.717) is 27.4 Å². The number of nitrogens with zero attached hydrogens (tertiary/aromatic N) is 4. The van der Waals surface area contributed by atoms with Crippen molar-refractivity contribution >= 4 is 23.2 Å². The lowest BCUT2D eigenvalue weighted by Gasteiger charge is -2.05. The summed E-state index contributed by atoms with van der Waals surface area (Å²) in [7, 11) is 0. The molecule has 126 valence electrons. The minimum atomic E-state index is 0.475. The van der Waals surface area contributed by atoms with Gasteiger partial charge in [0.05, 0.1) is 24.8 Å². The third-order valence-electron chi connectivity index (χ3n) is 3.91. The Morgan fingerprint density at radius 3 is 1.23 bits per heavy atom. The first-order valence-electron chi connectivity index (χ1n) is 8.05. The third kappa shape index (κ3) is 3.05. The predicted molar refractivity (Wildman–Crippen MR) is 98.9 cm³/mol. The summed E-state index contributed by atoms with van der Waals surface area (Å²) in [5.74, 6) is 1.21. The van der Waals surface area contributed by atoms with E-state index in [1.54, 1.807) is 0 Å². The molecule has 4 nitrogen and oxygen atoms in total. The van der Waals surface area contributed by atoms with Crippen LogP contribution in [-0.4, -0.2) is 4.98 Å². The maximum Gasteiger partial charge on any atom is 0.358 e. The van der Waals surface area contributed by atoms with E-state index in [1.807, 2.05) is 105 Å². The van der Waals surface area contributed by atoms with Crippen molar-refractivity contribution in [2.75, 3.05) is 0 Å². The zero-order chi connectivity index (χ0) is 17.9. The Morgan fingerprint density at radius 1 is 0.500 bits per heavy atom. The minimum Gasteiger partial charge on any atom is -0.202 e. The standard InChI is InChI=1S/C20H15Cl2N4/c21-16-18(24-10-4-1-5-11-24)17(22)20(26-14-8-3-9-15-26)23-19(16)25-12-6-2-7-13-25/h1-15H/q+3. The van der Waals surface area contributed by atoms with Gasteiger partial charge in [0.2, 0.25) is 10.0 Å². The van der Waals surface area contributed by atoms with Crippen LogP contribution in [0.15, 0.2) is 91.8 Å². The smallest absolute Gasteiger partial charge is 0.202 e.